The molecule has 0 aromatic heterocycles. The number of hydrogen-bond acceptors (Lipinski definition) is 3. The molecule has 1 aromatic carbocycles. The van der Waals surface area contributed by atoms with Gasteiger partial charge in [-0.2, -0.15) is 0 Å². The average Bonchev–Trinajstić information content (AvgIpc) is 2.46. The smallest absolute Gasteiger partial charge is 0.254 e. The highest BCUT2D eigenvalue weighted by atomic mass is 79.9. The quantitative estimate of drug-likeness (QED) is 0.920. The van der Waals surface area contributed by atoms with Crippen LogP contribution in [0.2, 0.25) is 0 Å². The molecule has 1 heterocycles. The van der Waals surface area contributed by atoms with Crippen LogP contribution in [0, 0.1) is 5.92 Å². The number of carbonyl (C=O) groups excluding carboxylic acids is 1. The number of benzene rings is 1. The Bertz CT molecular complexity index is 493. The first kappa shape index (κ1) is 15.3. The number of nitrogens with two attached hydrogens (primary N) is 1. The molecule has 20 heavy (non-hydrogen) atoms. The monoisotopic (exact) mass is 340 g/mol. The molecule has 1 aliphatic rings. The lowest BCUT2D eigenvalue weighted by molar-refractivity contribution is 0.0573. The molecule has 1 saturated heterocycles. The van der Waals surface area contributed by atoms with E-state index in [2.05, 4.69) is 22.9 Å². The van der Waals surface area contributed by atoms with Gasteiger partial charge in [0.05, 0.1) is 11.6 Å². The number of rotatable bonds is 3. The van der Waals surface area contributed by atoms with Gasteiger partial charge in [-0.25, -0.2) is 0 Å². The first-order chi connectivity index (χ1) is 9.56. The fourth-order valence-electron chi connectivity index (χ4n) is 2.71. The lowest BCUT2D eigenvalue weighted by atomic mass is 9.92. The van der Waals surface area contributed by atoms with Crippen molar-refractivity contribution in [3.8, 4) is 5.75 Å². The Kier molecular flexibility index (Phi) is 5.05. The normalized spacial score (nSPS) is 22.7. The van der Waals surface area contributed by atoms with Crippen LogP contribution in [-0.4, -0.2) is 37.0 Å². The molecular formula is C15H21BrN2O2. The zero-order valence-electron chi connectivity index (χ0n) is 11.9. The number of nitrogens with zero attached hydrogens (tertiary/aromatic N) is 1. The molecule has 1 fully saturated rings. The third-order valence-corrected chi connectivity index (χ3v) is 4.53. The van der Waals surface area contributed by atoms with Crippen LogP contribution in [0.1, 0.15) is 30.1 Å². The SMILES string of the molecule is COc1ccc(C(=O)N2CCC(C)CC2CN)cc1Br. The van der Waals surface area contributed by atoms with E-state index in [0.29, 0.717) is 18.0 Å². The van der Waals surface area contributed by atoms with Crippen molar-refractivity contribution >= 4 is 21.8 Å². The van der Waals surface area contributed by atoms with Gasteiger partial charge in [-0.05, 0) is 52.9 Å². The number of methoxy groups -OCH3 is 1. The van der Waals surface area contributed by atoms with Gasteiger partial charge < -0.3 is 15.4 Å². The second kappa shape index (κ2) is 6.59. The summed E-state index contributed by atoms with van der Waals surface area (Å²) in [5.74, 6) is 1.41. The molecule has 1 aliphatic heterocycles. The maximum absolute atomic E-state index is 12.6. The zero-order chi connectivity index (χ0) is 14.7. The van der Waals surface area contributed by atoms with Crippen LogP contribution >= 0.6 is 15.9 Å². The molecule has 0 saturated carbocycles. The molecule has 5 heteroatoms. The van der Waals surface area contributed by atoms with Gasteiger partial charge >= 0.3 is 0 Å². The summed E-state index contributed by atoms with van der Waals surface area (Å²) in [5, 5.41) is 0. The maximum Gasteiger partial charge on any atom is 0.254 e. The fraction of sp³-hybridized carbons (Fsp3) is 0.533. The van der Waals surface area contributed by atoms with E-state index in [-0.39, 0.29) is 11.9 Å². The summed E-state index contributed by atoms with van der Waals surface area (Å²) in [6, 6.07) is 5.57. The van der Waals surface area contributed by atoms with Crippen LogP contribution in [0.5, 0.6) is 5.75 Å². The number of ether oxygens (including phenoxy) is 1. The Morgan fingerprint density at radius 2 is 2.30 bits per heavy atom. The molecule has 1 amide bonds. The van der Waals surface area contributed by atoms with Crippen molar-refractivity contribution in [2.45, 2.75) is 25.8 Å². The number of halogens is 1. The number of piperidine rings is 1. The molecule has 2 rings (SSSR count). The first-order valence-corrected chi connectivity index (χ1v) is 7.70. The molecule has 0 aliphatic carbocycles. The van der Waals surface area contributed by atoms with Crippen LogP contribution in [0.3, 0.4) is 0 Å². The van der Waals surface area contributed by atoms with Crippen molar-refractivity contribution in [2.24, 2.45) is 11.7 Å². The zero-order valence-corrected chi connectivity index (χ0v) is 13.5. The Hall–Kier alpha value is -1.07. The van der Waals surface area contributed by atoms with Crippen molar-refractivity contribution in [2.75, 3.05) is 20.2 Å². The summed E-state index contributed by atoms with van der Waals surface area (Å²) >= 11 is 3.42. The first-order valence-electron chi connectivity index (χ1n) is 6.91. The van der Waals surface area contributed by atoms with Crippen LogP contribution in [0.25, 0.3) is 0 Å². The topological polar surface area (TPSA) is 55.6 Å². The predicted molar refractivity (Wildman–Crippen MR) is 83.0 cm³/mol. The van der Waals surface area contributed by atoms with E-state index in [0.717, 1.165) is 29.6 Å². The molecule has 2 atom stereocenters. The number of amides is 1. The lowest BCUT2D eigenvalue weighted by Crippen LogP contribution is -2.49. The van der Waals surface area contributed by atoms with E-state index in [1.807, 2.05) is 11.0 Å². The largest absolute Gasteiger partial charge is 0.496 e. The van der Waals surface area contributed by atoms with Crippen molar-refractivity contribution in [1.29, 1.82) is 0 Å². The Morgan fingerprint density at radius 3 is 2.90 bits per heavy atom. The van der Waals surface area contributed by atoms with Gasteiger partial charge in [0.25, 0.3) is 5.91 Å². The Morgan fingerprint density at radius 1 is 1.55 bits per heavy atom. The van der Waals surface area contributed by atoms with E-state index in [9.17, 15) is 4.79 Å². The molecular weight excluding hydrogens is 320 g/mol. The van der Waals surface area contributed by atoms with E-state index in [1.165, 1.54) is 0 Å². The molecule has 1 aromatic rings. The van der Waals surface area contributed by atoms with Crippen LogP contribution < -0.4 is 10.5 Å². The third kappa shape index (κ3) is 3.15. The van der Waals surface area contributed by atoms with Gasteiger partial charge in [0, 0.05) is 24.7 Å². The van der Waals surface area contributed by atoms with E-state index in [1.54, 1.807) is 19.2 Å². The number of carbonyl (C=O) groups is 1. The Labute approximate surface area is 128 Å². The summed E-state index contributed by atoms with van der Waals surface area (Å²) < 4.78 is 5.98. The van der Waals surface area contributed by atoms with E-state index < -0.39 is 0 Å². The highest BCUT2D eigenvalue weighted by molar-refractivity contribution is 9.10. The van der Waals surface area contributed by atoms with Gasteiger partial charge in [0.15, 0.2) is 0 Å². The molecule has 110 valence electrons. The van der Waals surface area contributed by atoms with Gasteiger partial charge in [-0.15, -0.1) is 0 Å². The molecule has 2 N–H and O–H groups in total. The fourth-order valence-corrected chi connectivity index (χ4v) is 3.25. The molecule has 0 spiro atoms. The van der Waals surface area contributed by atoms with Crippen LogP contribution in [-0.2, 0) is 0 Å². The van der Waals surface area contributed by atoms with Crippen molar-refractivity contribution in [3.05, 3.63) is 28.2 Å². The summed E-state index contributed by atoms with van der Waals surface area (Å²) in [6.07, 6.45) is 2.03. The van der Waals surface area contributed by atoms with E-state index >= 15 is 0 Å². The molecule has 0 bridgehead atoms. The minimum absolute atomic E-state index is 0.0516. The van der Waals surface area contributed by atoms with E-state index in [4.69, 9.17) is 10.5 Å². The van der Waals surface area contributed by atoms with Crippen molar-refractivity contribution < 1.29 is 9.53 Å². The standard InChI is InChI=1S/C15H21BrN2O2/c1-10-5-6-18(12(7-10)9-17)15(19)11-3-4-14(20-2)13(16)8-11/h3-4,8,10,12H,5-7,9,17H2,1-2H3. The van der Waals surface area contributed by atoms with Gasteiger partial charge in [0.1, 0.15) is 5.75 Å². The highest BCUT2D eigenvalue weighted by Crippen LogP contribution is 2.28. The van der Waals surface area contributed by atoms with Gasteiger partial charge in [-0.1, -0.05) is 6.92 Å². The Balaban J connectivity index is 2.19. The van der Waals surface area contributed by atoms with Gasteiger partial charge in [-0.3, -0.25) is 4.79 Å². The molecule has 2 unspecified atom stereocenters. The summed E-state index contributed by atoms with van der Waals surface area (Å²) in [5.41, 5.74) is 6.50. The minimum Gasteiger partial charge on any atom is -0.496 e. The number of likely N-dealkylation sites (tertiary alicyclic amines) is 1. The average molecular weight is 341 g/mol. The molecule has 0 radical (unpaired) electrons. The highest BCUT2D eigenvalue weighted by Gasteiger charge is 2.29. The second-order valence-corrected chi connectivity index (χ2v) is 6.22. The molecule has 4 nitrogen and oxygen atoms in total. The van der Waals surface area contributed by atoms with Gasteiger partial charge in [0.2, 0.25) is 0 Å². The summed E-state index contributed by atoms with van der Waals surface area (Å²) in [7, 11) is 1.61. The maximum atomic E-state index is 12.6. The minimum atomic E-state index is 0.0516. The van der Waals surface area contributed by atoms with Crippen molar-refractivity contribution in [1.82, 2.24) is 4.90 Å². The lowest BCUT2D eigenvalue weighted by Gasteiger charge is -2.38. The van der Waals surface area contributed by atoms with Crippen molar-refractivity contribution in [3.63, 3.8) is 0 Å². The van der Waals surface area contributed by atoms with Crippen LogP contribution in [0.4, 0.5) is 0 Å². The second-order valence-electron chi connectivity index (χ2n) is 5.37. The summed E-state index contributed by atoms with van der Waals surface area (Å²) in [6.45, 7) is 3.52. The number of hydrogen-bond donors (Lipinski definition) is 1. The predicted octanol–water partition coefficient (Wildman–Crippen LogP) is 2.66. The third-order valence-electron chi connectivity index (χ3n) is 3.91. The summed E-state index contributed by atoms with van der Waals surface area (Å²) in [4.78, 5) is 14.5. The van der Waals surface area contributed by atoms with Crippen LogP contribution in [0.15, 0.2) is 22.7 Å².